The molecule has 0 unspecified atom stereocenters. The summed E-state index contributed by atoms with van der Waals surface area (Å²) in [6, 6.07) is 10.00. The minimum absolute atomic E-state index is 0.499. The van der Waals surface area contributed by atoms with Gasteiger partial charge in [0.05, 0.1) is 12.2 Å². The van der Waals surface area contributed by atoms with Gasteiger partial charge >= 0.3 is 0 Å². The van der Waals surface area contributed by atoms with Crippen LogP contribution < -0.4 is 10.6 Å². The fourth-order valence-corrected chi connectivity index (χ4v) is 2.88. The van der Waals surface area contributed by atoms with Crippen LogP contribution in [0, 0.1) is 0 Å². The van der Waals surface area contributed by atoms with Crippen molar-refractivity contribution in [3.05, 3.63) is 59.5 Å². The van der Waals surface area contributed by atoms with Gasteiger partial charge in [0.2, 0.25) is 0 Å². The first-order valence-electron chi connectivity index (χ1n) is 9.11. The van der Waals surface area contributed by atoms with Gasteiger partial charge in [-0.3, -0.25) is 9.56 Å². The third-order valence-corrected chi connectivity index (χ3v) is 4.33. The molecule has 8 heteroatoms. The van der Waals surface area contributed by atoms with Crippen molar-refractivity contribution >= 4 is 5.96 Å². The van der Waals surface area contributed by atoms with Crippen LogP contribution in [-0.4, -0.2) is 32.9 Å². The lowest BCUT2D eigenvalue weighted by Crippen LogP contribution is -2.37. The molecule has 27 heavy (non-hydrogen) atoms. The van der Waals surface area contributed by atoms with Crippen molar-refractivity contribution in [2.24, 2.45) is 4.99 Å². The highest BCUT2D eigenvalue weighted by molar-refractivity contribution is 5.79. The van der Waals surface area contributed by atoms with Crippen LogP contribution in [0.15, 0.2) is 46.2 Å². The van der Waals surface area contributed by atoms with Crippen molar-refractivity contribution in [2.75, 3.05) is 7.05 Å². The highest BCUT2D eigenvalue weighted by atomic mass is 16.5. The van der Waals surface area contributed by atoms with E-state index in [0.717, 1.165) is 41.4 Å². The molecule has 0 spiro atoms. The molecule has 8 nitrogen and oxygen atoms in total. The van der Waals surface area contributed by atoms with Crippen LogP contribution in [0.4, 0.5) is 0 Å². The van der Waals surface area contributed by atoms with Crippen molar-refractivity contribution < 1.29 is 4.52 Å². The van der Waals surface area contributed by atoms with Crippen molar-refractivity contribution in [2.45, 2.75) is 39.8 Å². The molecule has 0 radical (unpaired) electrons. The van der Waals surface area contributed by atoms with E-state index in [9.17, 15) is 0 Å². The van der Waals surface area contributed by atoms with Crippen LogP contribution in [0.5, 0.6) is 0 Å². The number of hydrogen-bond donors (Lipinski definition) is 2. The summed E-state index contributed by atoms with van der Waals surface area (Å²) in [5, 5.41) is 19.0. The zero-order chi connectivity index (χ0) is 19.1. The van der Waals surface area contributed by atoms with Gasteiger partial charge in [-0.1, -0.05) is 37.2 Å². The molecule has 3 rings (SSSR count). The minimum atomic E-state index is 0.499. The van der Waals surface area contributed by atoms with Crippen molar-refractivity contribution in [3.63, 3.8) is 0 Å². The summed E-state index contributed by atoms with van der Waals surface area (Å²) in [4.78, 5) is 4.29. The molecule has 1 aromatic carbocycles. The largest absolute Gasteiger partial charge is 0.361 e. The molecule has 0 saturated heterocycles. The molecular formula is C19H25N7O. The van der Waals surface area contributed by atoms with Crippen LogP contribution in [0.3, 0.4) is 0 Å². The Balaban J connectivity index is 1.63. The van der Waals surface area contributed by atoms with E-state index in [4.69, 9.17) is 4.52 Å². The first-order chi connectivity index (χ1) is 13.3. The number of nitrogens with zero attached hydrogens (tertiary/aromatic N) is 5. The van der Waals surface area contributed by atoms with Crippen LogP contribution in [0.1, 0.15) is 36.7 Å². The third kappa shape index (κ3) is 4.33. The standard InChI is InChI=1S/C19H25N7O/c1-4-16-15(17(5-2)27-25-16)11-21-19(20-3)22-12-18-24-23-13-26(18)14-9-7-6-8-10-14/h6-10,13H,4-5,11-12H2,1-3H3,(H2,20,21,22). The monoisotopic (exact) mass is 367 g/mol. The molecule has 0 atom stereocenters. The zero-order valence-electron chi connectivity index (χ0n) is 15.9. The summed E-state index contributed by atoms with van der Waals surface area (Å²) < 4.78 is 7.36. The van der Waals surface area contributed by atoms with Gasteiger partial charge in [0, 0.05) is 31.3 Å². The average molecular weight is 367 g/mol. The molecular weight excluding hydrogens is 342 g/mol. The van der Waals surface area contributed by atoms with Gasteiger partial charge in [-0.05, 0) is 18.6 Å². The van der Waals surface area contributed by atoms with Crippen LogP contribution >= 0.6 is 0 Å². The van der Waals surface area contributed by atoms with Crippen molar-refractivity contribution in [3.8, 4) is 5.69 Å². The van der Waals surface area contributed by atoms with Gasteiger partial charge in [-0.2, -0.15) is 0 Å². The summed E-state index contributed by atoms with van der Waals surface area (Å²) in [5.41, 5.74) is 3.11. The number of aliphatic imine (C=N–C) groups is 1. The van der Waals surface area contributed by atoms with Crippen LogP contribution in [0.25, 0.3) is 5.69 Å². The molecule has 0 amide bonds. The molecule has 0 aliphatic rings. The fourth-order valence-electron chi connectivity index (χ4n) is 2.88. The normalized spacial score (nSPS) is 11.6. The van der Waals surface area contributed by atoms with Crippen LogP contribution in [-0.2, 0) is 25.9 Å². The molecule has 0 saturated carbocycles. The molecule has 142 valence electrons. The Morgan fingerprint density at radius 2 is 1.89 bits per heavy atom. The van der Waals surface area contributed by atoms with E-state index < -0.39 is 0 Å². The molecule has 3 aromatic rings. The van der Waals surface area contributed by atoms with E-state index in [1.165, 1.54) is 0 Å². The second kappa shape index (κ2) is 8.98. The Bertz CT molecular complexity index is 861. The van der Waals surface area contributed by atoms with Gasteiger partial charge in [-0.15, -0.1) is 10.2 Å². The molecule has 0 bridgehead atoms. The van der Waals surface area contributed by atoms with E-state index >= 15 is 0 Å². The summed E-state index contributed by atoms with van der Waals surface area (Å²) in [5.74, 6) is 2.40. The molecule has 0 fully saturated rings. The number of benzene rings is 1. The number of nitrogens with one attached hydrogen (secondary N) is 2. The third-order valence-electron chi connectivity index (χ3n) is 4.33. The molecule has 2 heterocycles. The van der Waals surface area contributed by atoms with Crippen LogP contribution in [0.2, 0.25) is 0 Å². The zero-order valence-corrected chi connectivity index (χ0v) is 15.9. The lowest BCUT2D eigenvalue weighted by Gasteiger charge is -2.12. The summed E-state index contributed by atoms with van der Waals surface area (Å²) in [6.07, 6.45) is 3.36. The lowest BCUT2D eigenvalue weighted by molar-refractivity contribution is 0.380. The Morgan fingerprint density at radius 3 is 2.59 bits per heavy atom. The van der Waals surface area contributed by atoms with Gasteiger partial charge < -0.3 is 15.2 Å². The first kappa shape index (κ1) is 18.6. The van der Waals surface area contributed by atoms with Crippen molar-refractivity contribution in [1.29, 1.82) is 0 Å². The lowest BCUT2D eigenvalue weighted by atomic mass is 10.1. The Kier molecular flexibility index (Phi) is 6.19. The van der Waals surface area contributed by atoms with E-state index in [-0.39, 0.29) is 0 Å². The second-order valence-corrected chi connectivity index (χ2v) is 5.97. The maximum Gasteiger partial charge on any atom is 0.191 e. The summed E-state index contributed by atoms with van der Waals surface area (Å²) >= 11 is 0. The number of aromatic nitrogens is 4. The number of hydrogen-bond acceptors (Lipinski definition) is 5. The van der Waals surface area contributed by atoms with Gasteiger partial charge in [-0.25, -0.2) is 0 Å². The van der Waals surface area contributed by atoms with E-state index in [2.05, 4.69) is 44.8 Å². The predicted octanol–water partition coefficient (Wildman–Crippen LogP) is 2.25. The first-order valence-corrected chi connectivity index (χ1v) is 9.11. The quantitative estimate of drug-likeness (QED) is 0.491. The molecule has 0 aliphatic carbocycles. The highest BCUT2D eigenvalue weighted by Gasteiger charge is 2.14. The van der Waals surface area contributed by atoms with Gasteiger partial charge in [0.15, 0.2) is 11.8 Å². The summed E-state index contributed by atoms with van der Waals surface area (Å²) in [6.45, 7) is 5.25. The molecule has 0 aliphatic heterocycles. The Morgan fingerprint density at radius 1 is 1.11 bits per heavy atom. The number of para-hydroxylation sites is 1. The van der Waals surface area contributed by atoms with E-state index in [1.54, 1.807) is 13.4 Å². The average Bonchev–Trinajstić information content (AvgIpc) is 3.35. The second-order valence-electron chi connectivity index (χ2n) is 5.97. The number of rotatable bonds is 7. The fraction of sp³-hybridized carbons (Fsp3) is 0.368. The predicted molar refractivity (Wildman–Crippen MR) is 104 cm³/mol. The number of aryl methyl sites for hydroxylation is 2. The number of guanidine groups is 1. The minimum Gasteiger partial charge on any atom is -0.361 e. The summed E-state index contributed by atoms with van der Waals surface area (Å²) in [7, 11) is 1.74. The van der Waals surface area contributed by atoms with E-state index in [1.807, 2.05) is 34.9 Å². The Hall–Kier alpha value is -3.16. The maximum atomic E-state index is 5.41. The van der Waals surface area contributed by atoms with Crippen molar-refractivity contribution in [1.82, 2.24) is 30.6 Å². The SMILES string of the molecule is CCc1noc(CC)c1CNC(=NC)NCc1nncn1-c1ccccc1. The van der Waals surface area contributed by atoms with Gasteiger partial charge in [0.1, 0.15) is 12.1 Å². The van der Waals surface area contributed by atoms with E-state index in [0.29, 0.717) is 19.0 Å². The Labute approximate surface area is 158 Å². The smallest absolute Gasteiger partial charge is 0.191 e. The molecule has 2 N–H and O–H groups in total. The maximum absolute atomic E-state index is 5.41. The van der Waals surface area contributed by atoms with Gasteiger partial charge in [0.25, 0.3) is 0 Å². The highest BCUT2D eigenvalue weighted by Crippen LogP contribution is 2.15. The topological polar surface area (TPSA) is 93.2 Å². The molecule has 2 aromatic heterocycles.